The molecule has 0 bridgehead atoms. The highest BCUT2D eigenvalue weighted by atomic mass is 35.5. The summed E-state index contributed by atoms with van der Waals surface area (Å²) in [6.45, 7) is 2.85. The van der Waals surface area contributed by atoms with E-state index in [0.29, 0.717) is 49.3 Å². The van der Waals surface area contributed by atoms with E-state index in [0.717, 1.165) is 19.3 Å². The summed E-state index contributed by atoms with van der Waals surface area (Å²) in [6.07, 6.45) is 2.89. The number of imide groups is 1. The van der Waals surface area contributed by atoms with E-state index in [1.165, 1.54) is 11.3 Å². The molecule has 0 radical (unpaired) electrons. The van der Waals surface area contributed by atoms with Crippen molar-refractivity contribution in [2.75, 3.05) is 18.4 Å². The average Bonchev–Trinajstić information content (AvgIpc) is 3.18. The molecular formula is C21H21Cl3N4O2S. The van der Waals surface area contributed by atoms with Crippen molar-refractivity contribution in [2.45, 2.75) is 26.2 Å². The highest BCUT2D eigenvalue weighted by Crippen LogP contribution is 2.34. The van der Waals surface area contributed by atoms with E-state index in [2.05, 4.69) is 10.6 Å². The van der Waals surface area contributed by atoms with E-state index in [1.807, 2.05) is 0 Å². The molecule has 6 nitrogen and oxygen atoms in total. The maximum Gasteiger partial charge on any atom is 0.324 e. The van der Waals surface area contributed by atoms with E-state index in [4.69, 9.17) is 40.2 Å². The van der Waals surface area contributed by atoms with E-state index in [9.17, 15) is 9.59 Å². The van der Waals surface area contributed by atoms with Gasteiger partial charge >= 0.3 is 6.03 Å². The quantitative estimate of drug-likeness (QED) is 0.422. The van der Waals surface area contributed by atoms with Crippen molar-refractivity contribution in [3.05, 3.63) is 55.2 Å². The Morgan fingerprint density at radius 1 is 1.06 bits per heavy atom. The minimum Gasteiger partial charge on any atom is -0.353 e. The molecule has 3 amide bonds. The van der Waals surface area contributed by atoms with Crippen molar-refractivity contribution < 1.29 is 9.59 Å². The van der Waals surface area contributed by atoms with Gasteiger partial charge in [0.1, 0.15) is 5.71 Å². The minimum atomic E-state index is -0.766. The van der Waals surface area contributed by atoms with Gasteiger partial charge in [0.05, 0.1) is 25.6 Å². The fraction of sp³-hybridized carbons (Fsp3) is 0.286. The molecule has 3 N–H and O–H groups in total. The molecule has 10 heteroatoms. The predicted octanol–water partition coefficient (Wildman–Crippen LogP) is 6.29. The van der Waals surface area contributed by atoms with Crippen LogP contribution in [0.5, 0.6) is 0 Å². The number of rotatable bonds is 5. The molecule has 31 heavy (non-hydrogen) atoms. The van der Waals surface area contributed by atoms with Gasteiger partial charge < -0.3 is 10.2 Å². The van der Waals surface area contributed by atoms with Crippen LogP contribution in [0.3, 0.4) is 0 Å². The Morgan fingerprint density at radius 3 is 2.39 bits per heavy atom. The number of carbonyl (C=O) groups excluding carboxylic acids is 2. The molecule has 0 spiro atoms. The molecule has 1 fully saturated rings. The van der Waals surface area contributed by atoms with E-state index in [-0.39, 0.29) is 5.71 Å². The first-order valence-corrected chi connectivity index (χ1v) is 11.6. The van der Waals surface area contributed by atoms with Crippen molar-refractivity contribution in [3.8, 4) is 0 Å². The lowest BCUT2D eigenvalue weighted by molar-refractivity contribution is -0.114. The first-order chi connectivity index (χ1) is 14.8. The topological polar surface area (TPSA) is 85.3 Å². The number of nitrogens with one attached hydrogen (secondary N) is 3. The summed E-state index contributed by atoms with van der Waals surface area (Å²) in [5.74, 6) is -0.766. The number of halogens is 3. The summed E-state index contributed by atoms with van der Waals surface area (Å²) in [7, 11) is 0. The Kier molecular flexibility index (Phi) is 8.00. The number of hydrogen-bond acceptors (Lipinski definition) is 5. The summed E-state index contributed by atoms with van der Waals surface area (Å²) in [5.41, 5.74) is 1.06. The van der Waals surface area contributed by atoms with Crippen LogP contribution in [0.25, 0.3) is 5.70 Å². The van der Waals surface area contributed by atoms with Gasteiger partial charge in [-0.25, -0.2) is 4.79 Å². The lowest BCUT2D eigenvalue weighted by atomic mass is 10.1. The van der Waals surface area contributed by atoms with Crippen LogP contribution in [0.1, 0.15) is 31.1 Å². The second-order valence-electron chi connectivity index (χ2n) is 7.03. The van der Waals surface area contributed by atoms with Gasteiger partial charge in [-0.3, -0.25) is 15.5 Å². The Hall–Kier alpha value is -2.06. The molecule has 164 valence electrons. The van der Waals surface area contributed by atoms with Crippen LogP contribution >= 0.6 is 46.1 Å². The van der Waals surface area contributed by atoms with E-state index in [1.54, 1.807) is 42.2 Å². The molecule has 3 rings (SSSR count). The van der Waals surface area contributed by atoms with Crippen LogP contribution < -0.4 is 10.6 Å². The number of urea groups is 1. The predicted molar refractivity (Wildman–Crippen MR) is 129 cm³/mol. The number of hydrogen-bond donors (Lipinski definition) is 3. The van der Waals surface area contributed by atoms with Crippen LogP contribution in [0.15, 0.2) is 35.9 Å². The largest absolute Gasteiger partial charge is 0.353 e. The Labute approximate surface area is 199 Å². The molecule has 1 aromatic carbocycles. The normalized spacial score (nSPS) is 14.6. The summed E-state index contributed by atoms with van der Waals surface area (Å²) in [4.78, 5) is 27.3. The SMILES string of the molecule is C/C(C(=N)C(=O)NC(=O)N1CCCCC1)=C(/Nc1ccc(Cl)cc1Cl)c1ccc(Cl)s1. The second kappa shape index (κ2) is 10.5. The molecule has 2 aromatic rings. The number of anilines is 1. The van der Waals surface area contributed by atoms with E-state index >= 15 is 0 Å². The third kappa shape index (κ3) is 6.01. The Bertz CT molecular complexity index is 1040. The molecular weight excluding hydrogens is 479 g/mol. The average molecular weight is 500 g/mol. The highest BCUT2D eigenvalue weighted by Gasteiger charge is 2.23. The smallest absolute Gasteiger partial charge is 0.324 e. The first-order valence-electron chi connectivity index (χ1n) is 9.64. The zero-order valence-electron chi connectivity index (χ0n) is 16.7. The van der Waals surface area contributed by atoms with Crippen molar-refractivity contribution in [3.63, 3.8) is 0 Å². The highest BCUT2D eigenvalue weighted by molar-refractivity contribution is 7.17. The molecule has 1 aromatic heterocycles. The van der Waals surface area contributed by atoms with Gasteiger partial charge in [-0.05, 0) is 56.5 Å². The number of benzene rings is 1. The van der Waals surface area contributed by atoms with Gasteiger partial charge in [0.2, 0.25) is 0 Å². The Morgan fingerprint density at radius 2 is 1.77 bits per heavy atom. The second-order valence-corrected chi connectivity index (χ2v) is 9.59. The zero-order valence-corrected chi connectivity index (χ0v) is 19.8. The summed E-state index contributed by atoms with van der Waals surface area (Å²) >= 11 is 19.7. The van der Waals surface area contributed by atoms with Crippen molar-refractivity contribution in [2.24, 2.45) is 0 Å². The van der Waals surface area contributed by atoms with Gasteiger partial charge in [0.15, 0.2) is 0 Å². The van der Waals surface area contributed by atoms with Gasteiger partial charge in [0.25, 0.3) is 5.91 Å². The summed E-state index contributed by atoms with van der Waals surface area (Å²) < 4.78 is 0.556. The maximum absolute atomic E-state index is 12.6. The van der Waals surface area contributed by atoms with Crippen molar-refractivity contribution in [1.29, 1.82) is 5.41 Å². The first kappa shape index (κ1) is 23.6. The fourth-order valence-corrected chi connectivity index (χ4v) is 4.70. The van der Waals surface area contributed by atoms with Crippen LogP contribution in [0, 0.1) is 5.41 Å². The van der Waals surface area contributed by atoms with Crippen LogP contribution in [-0.4, -0.2) is 35.6 Å². The van der Waals surface area contributed by atoms with Crippen molar-refractivity contribution in [1.82, 2.24) is 10.2 Å². The van der Waals surface area contributed by atoms with Crippen LogP contribution in [0.2, 0.25) is 14.4 Å². The number of carbonyl (C=O) groups is 2. The maximum atomic E-state index is 12.6. The lowest BCUT2D eigenvalue weighted by Gasteiger charge is -2.26. The molecule has 1 aliphatic heterocycles. The lowest BCUT2D eigenvalue weighted by Crippen LogP contribution is -2.47. The molecule has 0 unspecified atom stereocenters. The molecule has 2 heterocycles. The molecule has 0 aliphatic carbocycles. The molecule has 0 saturated carbocycles. The van der Waals surface area contributed by atoms with Gasteiger partial charge in [0, 0.05) is 23.7 Å². The van der Waals surface area contributed by atoms with Gasteiger partial charge in [-0.15, -0.1) is 11.3 Å². The number of thiophene rings is 1. The molecule has 1 saturated heterocycles. The number of amides is 3. The molecule has 0 atom stereocenters. The zero-order chi connectivity index (χ0) is 22.5. The number of likely N-dealkylation sites (tertiary alicyclic amines) is 1. The summed E-state index contributed by atoms with van der Waals surface area (Å²) in [6, 6.07) is 8.01. The third-order valence-electron chi connectivity index (χ3n) is 4.85. The Balaban J connectivity index is 1.86. The number of nitrogens with zero attached hydrogens (tertiary/aromatic N) is 1. The van der Waals surface area contributed by atoms with Crippen molar-refractivity contribution >= 4 is 75.2 Å². The van der Waals surface area contributed by atoms with Crippen LogP contribution in [-0.2, 0) is 4.79 Å². The van der Waals surface area contributed by atoms with Crippen LogP contribution in [0.4, 0.5) is 10.5 Å². The standard InChI is InChI=1S/C21H21Cl3N4O2S/c1-12(18(25)20(29)27-21(30)28-9-3-2-4-10-28)19(16-7-8-17(24)31-16)26-15-6-5-13(22)11-14(15)23/h5-8,11,25-26H,2-4,9-10H2,1H3,(H,27,29,30)/b19-12-,25-18?. The van der Waals surface area contributed by atoms with Gasteiger partial charge in [-0.1, -0.05) is 34.8 Å². The fourth-order valence-electron chi connectivity index (χ4n) is 3.15. The van der Waals surface area contributed by atoms with E-state index < -0.39 is 11.9 Å². The summed E-state index contributed by atoms with van der Waals surface area (Å²) in [5, 5.41) is 14.8. The number of piperidine rings is 1. The molecule has 1 aliphatic rings. The monoisotopic (exact) mass is 498 g/mol. The third-order valence-corrected chi connectivity index (χ3v) is 6.65. The minimum absolute atomic E-state index is 0.331. The van der Waals surface area contributed by atoms with Gasteiger partial charge in [-0.2, -0.15) is 0 Å².